The largest absolute Gasteiger partial charge is 0.481 e. The first-order valence-corrected chi connectivity index (χ1v) is 5.33. The molecule has 0 saturated carbocycles. The molecule has 0 heterocycles. The number of amides is 1. The van der Waals surface area contributed by atoms with E-state index in [9.17, 15) is 14.4 Å². The fraction of sp³-hybridized carbons (Fsp3) is 0.700. The summed E-state index contributed by atoms with van der Waals surface area (Å²) in [5, 5.41) is 19.6. The molecule has 0 aromatic heterocycles. The smallest absolute Gasteiger partial charge is 0.326 e. The van der Waals surface area contributed by atoms with Crippen molar-refractivity contribution in [2.45, 2.75) is 32.2 Å². The predicted octanol–water partition coefficient (Wildman–Crippen LogP) is -0.594. The highest BCUT2D eigenvalue weighted by Gasteiger charge is 2.23. The summed E-state index contributed by atoms with van der Waals surface area (Å²) in [5.74, 6) is -3.57. The van der Waals surface area contributed by atoms with Crippen LogP contribution >= 0.6 is 0 Å². The summed E-state index contributed by atoms with van der Waals surface area (Å²) in [4.78, 5) is 32.7. The van der Waals surface area contributed by atoms with Gasteiger partial charge >= 0.3 is 11.9 Å². The number of carboxylic acids is 2. The Morgan fingerprint density at radius 3 is 2.29 bits per heavy atom. The van der Waals surface area contributed by atoms with E-state index in [1.807, 2.05) is 0 Å². The number of nitrogens with one attached hydrogen (secondary N) is 1. The van der Waals surface area contributed by atoms with Crippen LogP contribution in [-0.4, -0.2) is 40.6 Å². The molecule has 0 aliphatic carbocycles. The SMILES string of the molecule is C[C@H](CC(=O)O)C(=O)N[C@H](CCCN)C(=O)O. The summed E-state index contributed by atoms with van der Waals surface area (Å²) in [6, 6.07) is -1.01. The van der Waals surface area contributed by atoms with Gasteiger partial charge in [0.1, 0.15) is 6.04 Å². The van der Waals surface area contributed by atoms with Gasteiger partial charge in [0.25, 0.3) is 0 Å². The zero-order chi connectivity index (χ0) is 13.4. The number of nitrogens with two attached hydrogens (primary N) is 1. The van der Waals surface area contributed by atoms with Gasteiger partial charge in [-0.1, -0.05) is 6.92 Å². The highest BCUT2D eigenvalue weighted by molar-refractivity contribution is 5.86. The van der Waals surface area contributed by atoms with Crippen molar-refractivity contribution >= 4 is 17.8 Å². The van der Waals surface area contributed by atoms with E-state index >= 15 is 0 Å². The van der Waals surface area contributed by atoms with Crippen LogP contribution in [0.2, 0.25) is 0 Å². The van der Waals surface area contributed by atoms with E-state index in [2.05, 4.69) is 5.32 Å². The van der Waals surface area contributed by atoms with Crippen molar-refractivity contribution in [3.8, 4) is 0 Å². The second-order valence-electron chi connectivity index (χ2n) is 3.83. The average molecular weight is 246 g/mol. The molecule has 0 aromatic rings. The van der Waals surface area contributed by atoms with E-state index in [0.717, 1.165) is 0 Å². The summed E-state index contributed by atoms with van der Waals surface area (Å²) in [5.41, 5.74) is 5.25. The normalized spacial score (nSPS) is 13.8. The van der Waals surface area contributed by atoms with Crippen molar-refractivity contribution < 1.29 is 24.6 Å². The quantitative estimate of drug-likeness (QED) is 0.452. The van der Waals surface area contributed by atoms with E-state index in [1.54, 1.807) is 0 Å². The fourth-order valence-corrected chi connectivity index (χ4v) is 1.25. The highest BCUT2D eigenvalue weighted by Crippen LogP contribution is 2.04. The van der Waals surface area contributed by atoms with E-state index in [0.29, 0.717) is 13.0 Å². The van der Waals surface area contributed by atoms with Crippen molar-refractivity contribution in [2.24, 2.45) is 11.7 Å². The zero-order valence-electron chi connectivity index (χ0n) is 9.68. The van der Waals surface area contributed by atoms with Crippen LogP contribution in [0, 0.1) is 5.92 Å². The van der Waals surface area contributed by atoms with E-state index < -0.39 is 29.8 Å². The van der Waals surface area contributed by atoms with Gasteiger partial charge in [-0.15, -0.1) is 0 Å². The molecule has 98 valence electrons. The molecule has 0 fully saturated rings. The summed E-state index contributed by atoms with van der Waals surface area (Å²) in [7, 11) is 0. The monoisotopic (exact) mass is 246 g/mol. The Hall–Kier alpha value is -1.63. The van der Waals surface area contributed by atoms with Crippen molar-refractivity contribution in [1.29, 1.82) is 0 Å². The molecule has 0 aliphatic heterocycles. The van der Waals surface area contributed by atoms with Crippen LogP contribution in [0.4, 0.5) is 0 Å². The van der Waals surface area contributed by atoms with Gasteiger partial charge in [-0.2, -0.15) is 0 Å². The molecule has 7 nitrogen and oxygen atoms in total. The van der Waals surface area contributed by atoms with E-state index in [4.69, 9.17) is 15.9 Å². The average Bonchev–Trinajstić information content (AvgIpc) is 2.22. The third-order valence-corrected chi connectivity index (χ3v) is 2.24. The highest BCUT2D eigenvalue weighted by atomic mass is 16.4. The maximum atomic E-state index is 11.5. The molecule has 17 heavy (non-hydrogen) atoms. The molecule has 0 bridgehead atoms. The lowest BCUT2D eigenvalue weighted by Crippen LogP contribution is -2.43. The number of carbonyl (C=O) groups is 3. The Bertz CT molecular complexity index is 292. The Kier molecular flexibility index (Phi) is 6.88. The van der Waals surface area contributed by atoms with Gasteiger partial charge in [0.2, 0.25) is 5.91 Å². The zero-order valence-corrected chi connectivity index (χ0v) is 9.68. The van der Waals surface area contributed by atoms with Gasteiger partial charge in [0, 0.05) is 5.92 Å². The maximum absolute atomic E-state index is 11.5. The third kappa shape index (κ3) is 6.52. The molecule has 0 rings (SSSR count). The second-order valence-corrected chi connectivity index (χ2v) is 3.83. The maximum Gasteiger partial charge on any atom is 0.326 e. The first kappa shape index (κ1) is 15.4. The Balaban J connectivity index is 4.29. The third-order valence-electron chi connectivity index (χ3n) is 2.24. The summed E-state index contributed by atoms with van der Waals surface area (Å²) < 4.78 is 0. The molecule has 0 spiro atoms. The molecule has 5 N–H and O–H groups in total. The molecule has 0 aromatic carbocycles. The molecule has 0 saturated heterocycles. The van der Waals surface area contributed by atoms with Gasteiger partial charge in [-0.3, -0.25) is 9.59 Å². The van der Waals surface area contributed by atoms with Gasteiger partial charge in [-0.05, 0) is 19.4 Å². The van der Waals surface area contributed by atoms with Gasteiger partial charge in [0.15, 0.2) is 0 Å². The van der Waals surface area contributed by atoms with Crippen molar-refractivity contribution in [2.75, 3.05) is 6.54 Å². The molecule has 0 aliphatic rings. The van der Waals surface area contributed by atoms with Crippen LogP contribution in [0.15, 0.2) is 0 Å². The molecule has 0 unspecified atom stereocenters. The summed E-state index contributed by atoms with van der Waals surface area (Å²) in [6.07, 6.45) is 0.386. The molecule has 7 heteroatoms. The number of aliphatic carboxylic acids is 2. The minimum atomic E-state index is -1.14. The Morgan fingerprint density at radius 1 is 1.29 bits per heavy atom. The fourth-order valence-electron chi connectivity index (χ4n) is 1.25. The minimum Gasteiger partial charge on any atom is -0.481 e. The van der Waals surface area contributed by atoms with Crippen molar-refractivity contribution in [1.82, 2.24) is 5.32 Å². The number of hydrogen-bond acceptors (Lipinski definition) is 4. The summed E-state index contributed by atoms with van der Waals surface area (Å²) in [6.45, 7) is 1.77. The van der Waals surface area contributed by atoms with Gasteiger partial charge in [-0.25, -0.2) is 4.79 Å². The minimum absolute atomic E-state index is 0.233. The van der Waals surface area contributed by atoms with Crippen molar-refractivity contribution in [3.63, 3.8) is 0 Å². The lowest BCUT2D eigenvalue weighted by Gasteiger charge is -2.16. The topological polar surface area (TPSA) is 130 Å². The molecule has 0 radical (unpaired) electrons. The number of rotatable bonds is 8. The van der Waals surface area contributed by atoms with Crippen LogP contribution in [0.5, 0.6) is 0 Å². The van der Waals surface area contributed by atoms with Crippen LogP contribution in [0.1, 0.15) is 26.2 Å². The van der Waals surface area contributed by atoms with Crippen LogP contribution in [-0.2, 0) is 14.4 Å². The van der Waals surface area contributed by atoms with Crippen LogP contribution in [0.3, 0.4) is 0 Å². The van der Waals surface area contributed by atoms with E-state index in [-0.39, 0.29) is 12.8 Å². The van der Waals surface area contributed by atoms with Crippen molar-refractivity contribution in [3.05, 3.63) is 0 Å². The summed E-state index contributed by atoms with van der Waals surface area (Å²) >= 11 is 0. The Morgan fingerprint density at radius 2 is 1.88 bits per heavy atom. The first-order valence-electron chi connectivity index (χ1n) is 5.33. The van der Waals surface area contributed by atoms with Crippen LogP contribution < -0.4 is 11.1 Å². The first-order chi connectivity index (χ1) is 7.88. The molecular formula is C10H18N2O5. The van der Waals surface area contributed by atoms with Gasteiger partial charge in [0.05, 0.1) is 6.42 Å². The number of carboxylic acid groups (broad SMARTS) is 2. The number of carbonyl (C=O) groups excluding carboxylic acids is 1. The van der Waals surface area contributed by atoms with Gasteiger partial charge < -0.3 is 21.3 Å². The lowest BCUT2D eigenvalue weighted by atomic mass is 10.1. The molecule has 2 atom stereocenters. The molecular weight excluding hydrogens is 228 g/mol. The lowest BCUT2D eigenvalue weighted by molar-refractivity contribution is -0.143. The van der Waals surface area contributed by atoms with Crippen LogP contribution in [0.25, 0.3) is 0 Å². The number of hydrogen-bond donors (Lipinski definition) is 4. The molecule has 1 amide bonds. The predicted molar refractivity (Wildman–Crippen MR) is 59.3 cm³/mol. The Labute approximate surface area is 99.0 Å². The standard InChI is InChI=1S/C10H18N2O5/c1-6(5-8(13)14)9(15)12-7(10(16)17)3-2-4-11/h6-7H,2-5,11H2,1H3,(H,12,15)(H,13,14)(H,16,17)/t6-,7-/m1/s1. The second kappa shape index (κ2) is 7.61. The van der Waals surface area contributed by atoms with E-state index in [1.165, 1.54) is 6.92 Å².